The number of rotatable bonds is 15. The van der Waals surface area contributed by atoms with Gasteiger partial charge in [0.05, 0.1) is 19.3 Å². The van der Waals surface area contributed by atoms with Gasteiger partial charge in [-0.25, -0.2) is 0 Å². The van der Waals surface area contributed by atoms with Crippen molar-refractivity contribution < 1.29 is 22.8 Å². The molecular weight excluding hydrogens is 312 g/mol. The van der Waals surface area contributed by atoms with Gasteiger partial charge >= 0.3 is 8.80 Å². The zero-order valence-corrected chi connectivity index (χ0v) is 16.6. The lowest BCUT2D eigenvalue weighted by molar-refractivity contribution is 0.00116. The normalized spacial score (nSPS) is 20.5. The van der Waals surface area contributed by atoms with Crippen LogP contribution in [0.1, 0.15) is 60.3 Å². The van der Waals surface area contributed by atoms with E-state index in [4.69, 9.17) is 22.8 Å². The molecule has 0 N–H and O–H groups in total. The zero-order valence-electron chi connectivity index (χ0n) is 15.6. The van der Waals surface area contributed by atoms with Gasteiger partial charge in [-0.3, -0.25) is 0 Å². The van der Waals surface area contributed by atoms with Crippen molar-refractivity contribution in [2.45, 2.75) is 84.7 Å². The summed E-state index contributed by atoms with van der Waals surface area (Å²) in [6.07, 6.45) is 4.32. The fourth-order valence-electron chi connectivity index (χ4n) is 2.19. The summed E-state index contributed by atoms with van der Waals surface area (Å²) in [4.78, 5) is 0. The monoisotopic (exact) mass is 348 g/mol. The van der Waals surface area contributed by atoms with Crippen LogP contribution in [0.5, 0.6) is 0 Å². The molecule has 0 aromatic heterocycles. The Morgan fingerprint density at radius 3 is 2.09 bits per heavy atom. The van der Waals surface area contributed by atoms with E-state index in [0.717, 1.165) is 38.3 Å². The summed E-state index contributed by atoms with van der Waals surface area (Å²) in [6.45, 7) is 13.4. The third-order valence-corrected chi connectivity index (χ3v) is 6.87. The summed E-state index contributed by atoms with van der Waals surface area (Å²) in [5.74, 6) is 0. The number of epoxide rings is 1. The Morgan fingerprint density at radius 1 is 1.04 bits per heavy atom. The van der Waals surface area contributed by atoms with Gasteiger partial charge in [-0.05, 0) is 32.6 Å². The third-order valence-electron chi connectivity index (χ3n) is 3.86. The molecule has 0 aromatic rings. The molecule has 23 heavy (non-hydrogen) atoms. The zero-order chi connectivity index (χ0) is 17.1. The first-order valence-corrected chi connectivity index (χ1v) is 11.2. The SMILES string of the molecule is CCCO[Si](CC(CC)OCC1CO1)(OCCC)OC(C)CC. The molecule has 3 atom stereocenters. The van der Waals surface area contributed by atoms with E-state index < -0.39 is 8.80 Å². The molecule has 5 nitrogen and oxygen atoms in total. The highest BCUT2D eigenvalue weighted by molar-refractivity contribution is 6.61. The van der Waals surface area contributed by atoms with Crippen LogP contribution in [0.4, 0.5) is 0 Å². The molecule has 1 rings (SSSR count). The first kappa shape index (κ1) is 21.1. The quantitative estimate of drug-likeness (QED) is 0.333. The number of hydrogen-bond donors (Lipinski definition) is 0. The van der Waals surface area contributed by atoms with Crippen molar-refractivity contribution in [3.05, 3.63) is 0 Å². The summed E-state index contributed by atoms with van der Waals surface area (Å²) in [6, 6.07) is 0.723. The van der Waals surface area contributed by atoms with Crippen LogP contribution in [0, 0.1) is 0 Å². The number of hydrogen-bond acceptors (Lipinski definition) is 5. The molecule has 0 bridgehead atoms. The molecule has 1 heterocycles. The summed E-state index contributed by atoms with van der Waals surface area (Å²) >= 11 is 0. The maximum absolute atomic E-state index is 6.33. The Hall–Kier alpha value is 0.0169. The molecule has 0 aliphatic carbocycles. The van der Waals surface area contributed by atoms with E-state index in [1.54, 1.807) is 0 Å². The maximum atomic E-state index is 6.33. The van der Waals surface area contributed by atoms with Crippen LogP contribution in [-0.4, -0.2) is 53.5 Å². The fraction of sp³-hybridized carbons (Fsp3) is 1.00. The average Bonchev–Trinajstić information content (AvgIpc) is 3.39. The largest absolute Gasteiger partial charge is 0.503 e. The van der Waals surface area contributed by atoms with Gasteiger partial charge in [-0.2, -0.15) is 0 Å². The molecule has 1 fully saturated rings. The predicted octanol–water partition coefficient (Wildman–Crippen LogP) is 3.79. The Kier molecular flexibility index (Phi) is 10.6. The lowest BCUT2D eigenvalue weighted by atomic mass is 10.3. The second kappa shape index (κ2) is 11.6. The molecule has 1 saturated heterocycles. The van der Waals surface area contributed by atoms with Crippen molar-refractivity contribution >= 4 is 8.80 Å². The van der Waals surface area contributed by atoms with E-state index in [2.05, 4.69) is 34.6 Å². The smallest absolute Gasteiger partial charge is 0.375 e. The van der Waals surface area contributed by atoms with Crippen LogP contribution >= 0.6 is 0 Å². The Balaban J connectivity index is 2.72. The van der Waals surface area contributed by atoms with Gasteiger partial charge < -0.3 is 22.8 Å². The van der Waals surface area contributed by atoms with Crippen LogP contribution in [-0.2, 0) is 22.8 Å². The highest BCUT2D eigenvalue weighted by Crippen LogP contribution is 2.25. The minimum atomic E-state index is -2.72. The molecule has 1 aliphatic heterocycles. The van der Waals surface area contributed by atoms with E-state index in [-0.39, 0.29) is 18.3 Å². The molecule has 138 valence electrons. The molecule has 0 radical (unpaired) electrons. The molecule has 0 aromatic carbocycles. The van der Waals surface area contributed by atoms with Gasteiger partial charge in [-0.15, -0.1) is 0 Å². The highest BCUT2D eigenvalue weighted by atomic mass is 28.4. The van der Waals surface area contributed by atoms with Crippen molar-refractivity contribution in [1.29, 1.82) is 0 Å². The third kappa shape index (κ3) is 8.61. The van der Waals surface area contributed by atoms with Crippen molar-refractivity contribution in [2.24, 2.45) is 0 Å². The van der Waals surface area contributed by atoms with Crippen LogP contribution in [0.3, 0.4) is 0 Å². The number of ether oxygens (including phenoxy) is 2. The van der Waals surface area contributed by atoms with Crippen molar-refractivity contribution in [3.63, 3.8) is 0 Å². The first-order chi connectivity index (χ1) is 11.1. The summed E-state index contributed by atoms with van der Waals surface area (Å²) in [5.41, 5.74) is 0. The standard InChI is InChI=1S/C17H36O5Si/c1-6-10-20-23(21-11-7-2,22-15(5)8-3)14-16(9-4)18-12-17-13-19-17/h15-17H,6-14H2,1-5H3. The molecule has 0 saturated carbocycles. The molecular formula is C17H36O5Si. The van der Waals surface area contributed by atoms with Gasteiger partial charge in [0.15, 0.2) is 0 Å². The summed E-state index contributed by atoms with van der Waals surface area (Å²) < 4.78 is 30.0. The Labute approximate surface area is 143 Å². The summed E-state index contributed by atoms with van der Waals surface area (Å²) in [5, 5.41) is 0. The average molecular weight is 349 g/mol. The topological polar surface area (TPSA) is 49.5 Å². The predicted molar refractivity (Wildman–Crippen MR) is 93.7 cm³/mol. The van der Waals surface area contributed by atoms with Gasteiger partial charge in [0.25, 0.3) is 0 Å². The van der Waals surface area contributed by atoms with Crippen molar-refractivity contribution in [3.8, 4) is 0 Å². The lowest BCUT2D eigenvalue weighted by Gasteiger charge is -2.34. The van der Waals surface area contributed by atoms with Crippen LogP contribution < -0.4 is 0 Å². The van der Waals surface area contributed by atoms with Gasteiger partial charge in [0.1, 0.15) is 6.10 Å². The van der Waals surface area contributed by atoms with E-state index in [0.29, 0.717) is 19.8 Å². The van der Waals surface area contributed by atoms with E-state index in [1.807, 2.05) is 0 Å². The minimum absolute atomic E-state index is 0.101. The highest BCUT2D eigenvalue weighted by Gasteiger charge is 2.45. The van der Waals surface area contributed by atoms with Crippen molar-refractivity contribution in [1.82, 2.24) is 0 Å². The van der Waals surface area contributed by atoms with Gasteiger partial charge in [0.2, 0.25) is 0 Å². The van der Waals surface area contributed by atoms with Crippen LogP contribution in [0.15, 0.2) is 0 Å². The van der Waals surface area contributed by atoms with Crippen LogP contribution in [0.2, 0.25) is 6.04 Å². The van der Waals surface area contributed by atoms with Crippen molar-refractivity contribution in [2.75, 3.05) is 26.4 Å². The Morgan fingerprint density at radius 2 is 1.65 bits per heavy atom. The molecule has 6 heteroatoms. The maximum Gasteiger partial charge on any atom is 0.503 e. The van der Waals surface area contributed by atoms with Gasteiger partial charge in [0, 0.05) is 25.4 Å². The molecule has 0 spiro atoms. The minimum Gasteiger partial charge on any atom is -0.375 e. The second-order valence-electron chi connectivity index (χ2n) is 6.24. The van der Waals surface area contributed by atoms with E-state index in [1.165, 1.54) is 0 Å². The van der Waals surface area contributed by atoms with Crippen LogP contribution in [0.25, 0.3) is 0 Å². The second-order valence-corrected chi connectivity index (χ2v) is 8.83. The van der Waals surface area contributed by atoms with E-state index in [9.17, 15) is 0 Å². The lowest BCUT2D eigenvalue weighted by Crippen LogP contribution is -2.51. The summed E-state index contributed by atoms with van der Waals surface area (Å²) in [7, 11) is -2.72. The first-order valence-electron chi connectivity index (χ1n) is 9.27. The van der Waals surface area contributed by atoms with Gasteiger partial charge in [-0.1, -0.05) is 27.7 Å². The van der Waals surface area contributed by atoms with E-state index >= 15 is 0 Å². The molecule has 3 unspecified atom stereocenters. The molecule has 1 aliphatic rings. The molecule has 0 amide bonds. The Bertz CT molecular complexity index is 291. The fourth-order valence-corrected chi connectivity index (χ4v) is 5.51.